The van der Waals surface area contributed by atoms with Gasteiger partial charge < -0.3 is 39.6 Å². The van der Waals surface area contributed by atoms with Gasteiger partial charge in [0.25, 0.3) is 5.91 Å². The van der Waals surface area contributed by atoms with E-state index < -0.39 is 6.04 Å². The largest absolute Gasteiger partial charge is 0.394 e. The van der Waals surface area contributed by atoms with Crippen molar-refractivity contribution in [3.05, 3.63) is 35.5 Å². The summed E-state index contributed by atoms with van der Waals surface area (Å²) in [5.41, 5.74) is 2.78. The van der Waals surface area contributed by atoms with E-state index in [9.17, 15) is 14.4 Å². The Hall–Kier alpha value is -2.99. The van der Waals surface area contributed by atoms with Gasteiger partial charge in [0.1, 0.15) is 6.04 Å². The van der Waals surface area contributed by atoms with Crippen LogP contribution in [0.5, 0.6) is 0 Å². The number of benzene rings is 1. The highest BCUT2D eigenvalue weighted by molar-refractivity contribution is 5.98. The molecule has 238 valence electrons. The number of aromatic nitrogens is 1. The lowest BCUT2D eigenvalue weighted by molar-refractivity contribution is -0.140. The van der Waals surface area contributed by atoms with E-state index in [1.165, 1.54) is 6.42 Å². The van der Waals surface area contributed by atoms with Gasteiger partial charge in [-0.3, -0.25) is 14.4 Å². The van der Waals surface area contributed by atoms with Crippen molar-refractivity contribution in [2.24, 2.45) is 5.92 Å². The summed E-state index contributed by atoms with van der Waals surface area (Å²) in [5, 5.41) is 15.8. The molecule has 1 aromatic heterocycles. The minimum absolute atomic E-state index is 0.00744. The number of carbonyl (C=O) groups excluding carboxylic acids is 3. The van der Waals surface area contributed by atoms with E-state index in [4.69, 9.17) is 14.6 Å². The van der Waals surface area contributed by atoms with Gasteiger partial charge in [0.2, 0.25) is 11.8 Å². The molecule has 1 saturated carbocycles. The van der Waals surface area contributed by atoms with Crippen LogP contribution in [0.4, 0.5) is 0 Å². The highest BCUT2D eigenvalue weighted by Gasteiger charge is 2.36. The lowest BCUT2D eigenvalue weighted by Gasteiger charge is -2.39. The maximum absolute atomic E-state index is 13.7. The van der Waals surface area contributed by atoms with Crippen LogP contribution in [-0.2, 0) is 25.6 Å². The number of likely N-dealkylation sites (N-methyl/N-ethyl adjacent to an activating group) is 1. The molecule has 43 heavy (non-hydrogen) atoms. The van der Waals surface area contributed by atoms with E-state index in [1.807, 2.05) is 34.9 Å². The predicted octanol–water partition coefficient (Wildman–Crippen LogP) is 1.93. The first kappa shape index (κ1) is 32.9. The number of piperazine rings is 1. The third-order valence-corrected chi connectivity index (χ3v) is 8.81. The Morgan fingerprint density at radius 2 is 1.63 bits per heavy atom. The van der Waals surface area contributed by atoms with Crippen LogP contribution in [0, 0.1) is 12.8 Å². The van der Waals surface area contributed by atoms with Crippen molar-refractivity contribution in [1.29, 1.82) is 0 Å². The standard InChI is InChI=1S/C32H49N5O6/c1-23-21-27-22-26(9-10-28(27)37(23)15-17-42-19-20-43-18-16-38)31(40)35-11-13-36(14-12-35)32(41)29(25-7-5-4-6-8-25)34-30(39)24(2)33-3/h9-10,21-22,24-25,29,33,38H,4-8,11-20H2,1-3H3,(H,34,39). The Balaban J connectivity index is 1.33. The summed E-state index contributed by atoms with van der Waals surface area (Å²) in [7, 11) is 1.74. The summed E-state index contributed by atoms with van der Waals surface area (Å²) in [6.07, 6.45) is 5.22. The third kappa shape index (κ3) is 8.56. The fourth-order valence-corrected chi connectivity index (χ4v) is 6.15. The molecule has 0 spiro atoms. The number of fused-ring (bicyclic) bond motifs is 1. The Morgan fingerprint density at radius 1 is 0.953 bits per heavy atom. The second-order valence-electron chi connectivity index (χ2n) is 11.7. The number of aliphatic hydroxyl groups is 1. The topological polar surface area (TPSA) is 125 Å². The molecule has 11 heteroatoms. The van der Waals surface area contributed by atoms with E-state index in [2.05, 4.69) is 21.3 Å². The zero-order valence-corrected chi connectivity index (χ0v) is 26.0. The Kier molecular flexibility index (Phi) is 12.4. The minimum Gasteiger partial charge on any atom is -0.394 e. The molecule has 2 atom stereocenters. The van der Waals surface area contributed by atoms with Crippen molar-refractivity contribution >= 4 is 28.6 Å². The van der Waals surface area contributed by atoms with Gasteiger partial charge >= 0.3 is 0 Å². The number of hydrogen-bond acceptors (Lipinski definition) is 7. The van der Waals surface area contributed by atoms with E-state index in [0.717, 1.165) is 42.3 Å². The second kappa shape index (κ2) is 16.2. The second-order valence-corrected chi connectivity index (χ2v) is 11.7. The van der Waals surface area contributed by atoms with E-state index >= 15 is 0 Å². The average Bonchev–Trinajstić information content (AvgIpc) is 3.36. The zero-order valence-electron chi connectivity index (χ0n) is 26.0. The molecule has 2 aliphatic rings. The Bertz CT molecular complexity index is 1220. The number of ether oxygens (including phenoxy) is 2. The lowest BCUT2D eigenvalue weighted by Crippen LogP contribution is -2.59. The summed E-state index contributed by atoms with van der Waals surface area (Å²) >= 11 is 0. The fourth-order valence-electron chi connectivity index (χ4n) is 6.15. The number of carbonyl (C=O) groups is 3. The highest BCUT2D eigenvalue weighted by atomic mass is 16.5. The fraction of sp³-hybridized carbons (Fsp3) is 0.656. The maximum atomic E-state index is 13.7. The third-order valence-electron chi connectivity index (χ3n) is 8.81. The van der Waals surface area contributed by atoms with Gasteiger partial charge in [0.15, 0.2) is 0 Å². The van der Waals surface area contributed by atoms with Crippen molar-refractivity contribution < 1.29 is 29.0 Å². The number of nitrogens with zero attached hydrogens (tertiary/aromatic N) is 3. The van der Waals surface area contributed by atoms with Crippen LogP contribution < -0.4 is 10.6 Å². The monoisotopic (exact) mass is 599 g/mol. The van der Waals surface area contributed by atoms with E-state index in [-0.39, 0.29) is 36.3 Å². The first-order valence-corrected chi connectivity index (χ1v) is 15.8. The van der Waals surface area contributed by atoms with Crippen molar-refractivity contribution in [1.82, 2.24) is 25.0 Å². The molecule has 3 N–H and O–H groups in total. The summed E-state index contributed by atoms with van der Waals surface area (Å²) in [4.78, 5) is 43.5. The smallest absolute Gasteiger partial charge is 0.253 e. The summed E-state index contributed by atoms with van der Waals surface area (Å²) in [5.74, 6) is -0.0777. The molecule has 2 fully saturated rings. The number of aliphatic hydroxyl groups excluding tert-OH is 1. The average molecular weight is 600 g/mol. The zero-order chi connectivity index (χ0) is 30.8. The van der Waals surface area contributed by atoms with Crippen LogP contribution in [0.3, 0.4) is 0 Å². The van der Waals surface area contributed by atoms with Crippen molar-refractivity contribution in [3.63, 3.8) is 0 Å². The summed E-state index contributed by atoms with van der Waals surface area (Å²) in [6.45, 7) is 8.14. The minimum atomic E-state index is -0.523. The molecule has 3 amide bonds. The molecule has 1 aromatic carbocycles. The van der Waals surface area contributed by atoms with Gasteiger partial charge in [0, 0.05) is 54.9 Å². The maximum Gasteiger partial charge on any atom is 0.253 e. The van der Waals surface area contributed by atoms with Crippen LogP contribution in [0.15, 0.2) is 24.3 Å². The quantitative estimate of drug-likeness (QED) is 0.284. The number of aryl methyl sites for hydroxylation is 1. The molecule has 1 saturated heterocycles. The van der Waals surface area contributed by atoms with Crippen molar-refractivity contribution in [3.8, 4) is 0 Å². The normalized spacial score (nSPS) is 17.7. The number of rotatable bonds is 14. The number of nitrogens with one attached hydrogen (secondary N) is 2. The molecule has 1 aliphatic heterocycles. The molecule has 2 unspecified atom stereocenters. The van der Waals surface area contributed by atoms with Crippen LogP contribution in [0.25, 0.3) is 10.9 Å². The van der Waals surface area contributed by atoms with Crippen LogP contribution >= 0.6 is 0 Å². The van der Waals surface area contributed by atoms with E-state index in [1.54, 1.807) is 14.0 Å². The predicted molar refractivity (Wildman–Crippen MR) is 165 cm³/mol. The van der Waals surface area contributed by atoms with Gasteiger partial charge in [-0.15, -0.1) is 0 Å². The Labute approximate surface area is 254 Å². The van der Waals surface area contributed by atoms with Gasteiger partial charge in [-0.05, 0) is 63.9 Å². The number of amides is 3. The molecule has 1 aliphatic carbocycles. The van der Waals surface area contributed by atoms with Crippen molar-refractivity contribution in [2.75, 3.05) is 66.3 Å². The molecule has 0 radical (unpaired) electrons. The van der Waals surface area contributed by atoms with Gasteiger partial charge in [-0.25, -0.2) is 0 Å². The van der Waals surface area contributed by atoms with E-state index in [0.29, 0.717) is 64.7 Å². The summed E-state index contributed by atoms with van der Waals surface area (Å²) in [6, 6.07) is 7.00. The highest BCUT2D eigenvalue weighted by Crippen LogP contribution is 2.28. The molecular weight excluding hydrogens is 550 g/mol. The first-order chi connectivity index (χ1) is 20.8. The van der Waals surface area contributed by atoms with Crippen LogP contribution in [-0.4, -0.2) is 116 Å². The van der Waals surface area contributed by atoms with Crippen LogP contribution in [0.2, 0.25) is 0 Å². The van der Waals surface area contributed by atoms with Gasteiger partial charge in [-0.2, -0.15) is 0 Å². The summed E-state index contributed by atoms with van der Waals surface area (Å²) < 4.78 is 13.1. The molecule has 2 heterocycles. The van der Waals surface area contributed by atoms with Gasteiger partial charge in [0.05, 0.1) is 39.1 Å². The first-order valence-electron chi connectivity index (χ1n) is 15.8. The molecule has 4 rings (SSSR count). The van der Waals surface area contributed by atoms with Crippen LogP contribution in [0.1, 0.15) is 55.1 Å². The SMILES string of the molecule is CNC(C)C(=O)NC(C(=O)N1CCN(C(=O)c2ccc3c(c2)cc(C)n3CCOCCOCCO)CC1)C1CCCCC1. The molecule has 0 bridgehead atoms. The molecule has 11 nitrogen and oxygen atoms in total. The number of hydrogen-bond donors (Lipinski definition) is 3. The molecule has 2 aromatic rings. The Morgan fingerprint density at radius 3 is 2.30 bits per heavy atom. The molecular formula is C32H49N5O6. The van der Waals surface area contributed by atoms with Gasteiger partial charge in [-0.1, -0.05) is 19.3 Å². The van der Waals surface area contributed by atoms with Crippen molar-refractivity contribution in [2.45, 2.75) is 64.6 Å². The lowest BCUT2D eigenvalue weighted by atomic mass is 9.83.